The van der Waals surface area contributed by atoms with Gasteiger partial charge in [-0.3, -0.25) is 9.59 Å². The van der Waals surface area contributed by atoms with E-state index in [2.05, 4.69) is 20.6 Å². The maximum atomic E-state index is 12.1. The van der Waals surface area contributed by atoms with E-state index in [0.29, 0.717) is 0 Å². The van der Waals surface area contributed by atoms with Crippen LogP contribution in [0.4, 0.5) is 5.82 Å². The van der Waals surface area contributed by atoms with E-state index in [9.17, 15) is 14.7 Å². The van der Waals surface area contributed by atoms with Crippen LogP contribution in [0.1, 0.15) is 38.2 Å². The first-order chi connectivity index (χ1) is 10.7. The maximum absolute atomic E-state index is 12.1. The second-order valence-corrected chi connectivity index (χ2v) is 6.24. The summed E-state index contributed by atoms with van der Waals surface area (Å²) >= 11 is 0. The molecule has 2 amide bonds. The first kappa shape index (κ1) is 18.8. The SMILES string of the molecule is CC(C)C(C)(C)C(=O)NCC(O)CNC(=O)c1nccnc1N. The number of nitrogens with two attached hydrogens (primary N) is 1. The molecule has 0 radical (unpaired) electrons. The summed E-state index contributed by atoms with van der Waals surface area (Å²) in [6.07, 6.45) is 1.83. The fourth-order valence-electron chi connectivity index (χ4n) is 1.59. The minimum absolute atomic E-state index is 0.00433. The summed E-state index contributed by atoms with van der Waals surface area (Å²) < 4.78 is 0. The molecule has 23 heavy (non-hydrogen) atoms. The minimum Gasteiger partial charge on any atom is -0.389 e. The quantitative estimate of drug-likeness (QED) is 0.556. The smallest absolute Gasteiger partial charge is 0.273 e. The lowest BCUT2D eigenvalue weighted by Gasteiger charge is -2.28. The molecule has 0 spiro atoms. The average Bonchev–Trinajstić information content (AvgIpc) is 2.50. The van der Waals surface area contributed by atoms with E-state index in [-0.39, 0.29) is 36.4 Å². The van der Waals surface area contributed by atoms with E-state index < -0.39 is 17.4 Å². The fourth-order valence-corrected chi connectivity index (χ4v) is 1.59. The number of aliphatic hydroxyl groups is 1. The van der Waals surface area contributed by atoms with Crippen LogP contribution in [0.25, 0.3) is 0 Å². The average molecular weight is 323 g/mol. The summed E-state index contributed by atoms with van der Waals surface area (Å²) in [6, 6.07) is 0. The zero-order chi connectivity index (χ0) is 17.6. The Bertz CT molecular complexity index is 560. The molecule has 0 saturated carbocycles. The van der Waals surface area contributed by atoms with Crippen molar-refractivity contribution < 1.29 is 14.7 Å². The Hall–Kier alpha value is -2.22. The third-order valence-corrected chi connectivity index (χ3v) is 3.97. The molecule has 8 nitrogen and oxygen atoms in total. The van der Waals surface area contributed by atoms with Gasteiger partial charge >= 0.3 is 0 Å². The summed E-state index contributed by atoms with van der Waals surface area (Å²) in [4.78, 5) is 31.5. The van der Waals surface area contributed by atoms with Crippen molar-refractivity contribution in [3.63, 3.8) is 0 Å². The number of nitrogen functional groups attached to an aromatic ring is 1. The van der Waals surface area contributed by atoms with E-state index in [4.69, 9.17) is 5.73 Å². The van der Waals surface area contributed by atoms with Crippen molar-refractivity contribution in [1.82, 2.24) is 20.6 Å². The molecular formula is C15H25N5O3. The fraction of sp³-hybridized carbons (Fsp3) is 0.600. The van der Waals surface area contributed by atoms with Gasteiger partial charge in [0, 0.05) is 30.9 Å². The highest BCUT2D eigenvalue weighted by atomic mass is 16.3. The normalized spacial score (nSPS) is 12.8. The standard InChI is InChI=1S/C15H25N5O3/c1-9(2)15(3,4)14(23)20-8-10(21)7-19-13(22)11-12(16)18-6-5-17-11/h5-6,9-10,21H,7-8H2,1-4H3,(H2,16,18)(H,19,22)(H,20,23). The number of amides is 2. The van der Waals surface area contributed by atoms with Gasteiger partial charge in [-0.2, -0.15) is 0 Å². The van der Waals surface area contributed by atoms with Crippen LogP contribution >= 0.6 is 0 Å². The highest BCUT2D eigenvalue weighted by Gasteiger charge is 2.31. The Labute approximate surface area is 135 Å². The molecule has 5 N–H and O–H groups in total. The predicted octanol–water partition coefficient (Wildman–Crippen LogP) is -0.0521. The predicted molar refractivity (Wildman–Crippen MR) is 86.4 cm³/mol. The first-order valence-corrected chi connectivity index (χ1v) is 7.47. The van der Waals surface area contributed by atoms with Gasteiger partial charge < -0.3 is 21.5 Å². The number of carbonyl (C=O) groups is 2. The van der Waals surface area contributed by atoms with Gasteiger partial charge in [-0.25, -0.2) is 9.97 Å². The van der Waals surface area contributed by atoms with Crippen LogP contribution in [0, 0.1) is 11.3 Å². The zero-order valence-electron chi connectivity index (χ0n) is 14.0. The molecule has 0 aliphatic rings. The van der Waals surface area contributed by atoms with Crippen molar-refractivity contribution in [2.75, 3.05) is 18.8 Å². The Morgan fingerprint density at radius 1 is 1.22 bits per heavy atom. The van der Waals surface area contributed by atoms with Crippen molar-refractivity contribution in [3.8, 4) is 0 Å². The van der Waals surface area contributed by atoms with Crippen molar-refractivity contribution in [2.45, 2.75) is 33.8 Å². The first-order valence-electron chi connectivity index (χ1n) is 7.47. The van der Waals surface area contributed by atoms with Crippen molar-refractivity contribution in [3.05, 3.63) is 18.1 Å². The van der Waals surface area contributed by atoms with E-state index in [1.807, 2.05) is 27.7 Å². The third kappa shape index (κ3) is 5.17. The van der Waals surface area contributed by atoms with Gasteiger partial charge in [0.1, 0.15) is 0 Å². The topological polar surface area (TPSA) is 130 Å². The number of hydrogen-bond acceptors (Lipinski definition) is 6. The zero-order valence-corrected chi connectivity index (χ0v) is 14.0. The number of nitrogens with one attached hydrogen (secondary N) is 2. The summed E-state index contributed by atoms with van der Waals surface area (Å²) in [5, 5.41) is 15.1. The molecule has 0 aromatic carbocycles. The summed E-state index contributed by atoms with van der Waals surface area (Å²) in [7, 11) is 0. The molecule has 1 rings (SSSR count). The molecule has 0 bridgehead atoms. The molecular weight excluding hydrogens is 298 g/mol. The highest BCUT2D eigenvalue weighted by molar-refractivity contribution is 5.96. The monoisotopic (exact) mass is 323 g/mol. The van der Waals surface area contributed by atoms with Crippen LogP contribution in [-0.2, 0) is 4.79 Å². The number of rotatable bonds is 7. The van der Waals surface area contributed by atoms with E-state index in [1.165, 1.54) is 12.4 Å². The van der Waals surface area contributed by atoms with Crippen LogP contribution in [0.5, 0.6) is 0 Å². The largest absolute Gasteiger partial charge is 0.389 e. The van der Waals surface area contributed by atoms with Gasteiger partial charge in [0.25, 0.3) is 5.91 Å². The van der Waals surface area contributed by atoms with Crippen LogP contribution in [0.3, 0.4) is 0 Å². The number of carbonyl (C=O) groups excluding carboxylic acids is 2. The molecule has 1 aromatic heterocycles. The molecule has 128 valence electrons. The Kier molecular flexibility index (Phi) is 6.44. The molecule has 0 saturated heterocycles. The molecule has 0 fully saturated rings. The molecule has 1 heterocycles. The van der Waals surface area contributed by atoms with Gasteiger partial charge in [-0.15, -0.1) is 0 Å². The van der Waals surface area contributed by atoms with Gasteiger partial charge in [-0.05, 0) is 5.92 Å². The molecule has 1 unspecified atom stereocenters. The van der Waals surface area contributed by atoms with Crippen LogP contribution in [-0.4, -0.2) is 46.1 Å². The Morgan fingerprint density at radius 2 is 1.78 bits per heavy atom. The molecule has 1 atom stereocenters. The number of nitrogens with zero attached hydrogens (tertiary/aromatic N) is 2. The lowest BCUT2D eigenvalue weighted by molar-refractivity contribution is -0.131. The van der Waals surface area contributed by atoms with Gasteiger partial charge in [0.15, 0.2) is 11.5 Å². The van der Waals surface area contributed by atoms with E-state index in [0.717, 1.165) is 0 Å². The second-order valence-electron chi connectivity index (χ2n) is 6.24. The maximum Gasteiger partial charge on any atom is 0.273 e. The van der Waals surface area contributed by atoms with E-state index >= 15 is 0 Å². The summed E-state index contributed by atoms with van der Waals surface area (Å²) in [5.74, 6) is -0.481. The molecule has 0 aliphatic carbocycles. The van der Waals surface area contributed by atoms with Gasteiger partial charge in [0.2, 0.25) is 5.91 Å². The summed E-state index contributed by atoms with van der Waals surface area (Å²) in [6.45, 7) is 7.63. The van der Waals surface area contributed by atoms with Crippen molar-refractivity contribution >= 4 is 17.6 Å². The van der Waals surface area contributed by atoms with Gasteiger partial charge in [-0.1, -0.05) is 27.7 Å². The van der Waals surface area contributed by atoms with Crippen molar-refractivity contribution in [2.24, 2.45) is 11.3 Å². The third-order valence-electron chi connectivity index (χ3n) is 3.97. The number of anilines is 1. The van der Waals surface area contributed by atoms with Gasteiger partial charge in [0.05, 0.1) is 6.10 Å². The minimum atomic E-state index is -0.913. The number of aliphatic hydroxyl groups excluding tert-OH is 1. The van der Waals surface area contributed by atoms with Crippen LogP contribution in [0.15, 0.2) is 12.4 Å². The Balaban J connectivity index is 2.43. The van der Waals surface area contributed by atoms with E-state index in [1.54, 1.807) is 0 Å². The number of aromatic nitrogens is 2. The lowest BCUT2D eigenvalue weighted by atomic mass is 9.80. The number of hydrogen-bond donors (Lipinski definition) is 4. The van der Waals surface area contributed by atoms with Crippen LogP contribution < -0.4 is 16.4 Å². The molecule has 1 aromatic rings. The highest BCUT2D eigenvalue weighted by Crippen LogP contribution is 2.25. The lowest BCUT2D eigenvalue weighted by Crippen LogP contribution is -2.45. The van der Waals surface area contributed by atoms with Crippen molar-refractivity contribution in [1.29, 1.82) is 0 Å². The second kappa shape index (κ2) is 7.87. The summed E-state index contributed by atoms with van der Waals surface area (Å²) in [5.41, 5.74) is 5.02. The molecule has 0 aliphatic heterocycles. The van der Waals surface area contributed by atoms with Crippen LogP contribution in [0.2, 0.25) is 0 Å². The molecule has 8 heteroatoms. The Morgan fingerprint density at radius 3 is 2.35 bits per heavy atom.